The number of hydrogen-bond donors (Lipinski definition) is 3. The Morgan fingerprint density at radius 2 is 1.75 bits per heavy atom. The van der Waals surface area contributed by atoms with Crippen molar-refractivity contribution in [3.63, 3.8) is 0 Å². The molecule has 12 heavy (non-hydrogen) atoms. The molecule has 5 heteroatoms. The Bertz CT molecular complexity index is 152. The fraction of sp³-hybridized carbons (Fsp3) is 1.00. The van der Waals surface area contributed by atoms with Gasteiger partial charge < -0.3 is 14.9 Å². The van der Waals surface area contributed by atoms with E-state index in [1.807, 2.05) is 0 Å². The van der Waals surface area contributed by atoms with Crippen LogP contribution in [0.3, 0.4) is 0 Å². The first kappa shape index (κ1) is 9.88. The Hall–Kier alpha value is -0.200. The number of ether oxygens (including phenoxy) is 1. The van der Waals surface area contributed by atoms with Crippen LogP contribution in [0.25, 0.3) is 0 Å². The van der Waals surface area contributed by atoms with E-state index in [-0.39, 0.29) is 12.8 Å². The molecule has 5 nitrogen and oxygen atoms in total. The summed E-state index contributed by atoms with van der Waals surface area (Å²) in [6.45, 7) is 0. The molecule has 1 unspecified atom stereocenters. The van der Waals surface area contributed by atoms with Crippen molar-refractivity contribution in [3.05, 3.63) is 0 Å². The number of aliphatic hydroxyl groups is 2. The molecule has 1 aliphatic carbocycles. The second kappa shape index (κ2) is 3.27. The van der Waals surface area contributed by atoms with Crippen molar-refractivity contribution in [2.24, 2.45) is 0 Å². The van der Waals surface area contributed by atoms with Crippen LogP contribution in [0.2, 0.25) is 0 Å². The quantitative estimate of drug-likeness (QED) is 0.317. The summed E-state index contributed by atoms with van der Waals surface area (Å²) in [5.41, 5.74) is 0. The monoisotopic (exact) mass is 178 g/mol. The molecule has 3 N–H and O–H groups in total. The highest BCUT2D eigenvalue weighted by Crippen LogP contribution is 2.38. The van der Waals surface area contributed by atoms with Crippen molar-refractivity contribution in [1.82, 2.24) is 0 Å². The molecule has 0 amide bonds. The highest BCUT2D eigenvalue weighted by Gasteiger charge is 2.54. The molecule has 1 aliphatic rings. The molecule has 0 aromatic carbocycles. The third kappa shape index (κ3) is 1.34. The predicted molar refractivity (Wildman–Crippen MR) is 39.1 cm³/mol. The predicted octanol–water partition coefficient (Wildman–Crippen LogP) is 0.0736. The van der Waals surface area contributed by atoms with Gasteiger partial charge in [-0.3, -0.25) is 0 Å². The Morgan fingerprint density at radius 1 is 1.17 bits per heavy atom. The van der Waals surface area contributed by atoms with Crippen molar-refractivity contribution in [2.45, 2.75) is 37.3 Å². The molecule has 0 heterocycles. The Labute approximate surface area is 70.5 Å². The van der Waals surface area contributed by atoms with E-state index in [9.17, 15) is 10.2 Å². The van der Waals surface area contributed by atoms with Crippen LogP contribution < -0.4 is 0 Å². The molecule has 0 aromatic rings. The van der Waals surface area contributed by atoms with Crippen LogP contribution in [-0.4, -0.2) is 34.2 Å². The maximum Gasteiger partial charge on any atom is 0.255 e. The minimum Gasteiger partial charge on any atom is -0.361 e. The molecule has 1 rings (SSSR count). The zero-order valence-corrected chi connectivity index (χ0v) is 6.99. The molecule has 0 bridgehead atoms. The Balaban J connectivity index is 2.81. The molecular formula is C7H14O5. The molecule has 0 radical (unpaired) electrons. The minimum absolute atomic E-state index is 0.140. The van der Waals surface area contributed by atoms with Gasteiger partial charge >= 0.3 is 0 Å². The molecule has 0 spiro atoms. The molecule has 72 valence electrons. The molecule has 0 saturated heterocycles. The van der Waals surface area contributed by atoms with Crippen molar-refractivity contribution in [1.29, 1.82) is 0 Å². The summed E-state index contributed by atoms with van der Waals surface area (Å²) in [5, 5.41) is 27.4. The lowest BCUT2D eigenvalue weighted by molar-refractivity contribution is -0.483. The lowest BCUT2D eigenvalue weighted by atomic mass is 9.88. The van der Waals surface area contributed by atoms with E-state index in [0.717, 1.165) is 6.42 Å². The second-order valence-electron chi connectivity index (χ2n) is 3.07. The Morgan fingerprint density at radius 3 is 2.08 bits per heavy atom. The first-order valence-electron chi connectivity index (χ1n) is 3.90. The van der Waals surface area contributed by atoms with E-state index in [0.29, 0.717) is 6.42 Å². The topological polar surface area (TPSA) is 79.2 Å². The van der Waals surface area contributed by atoms with E-state index in [2.05, 4.69) is 4.89 Å². The van der Waals surface area contributed by atoms with Crippen LogP contribution in [0.1, 0.15) is 25.7 Å². The molecule has 1 fully saturated rings. The third-order valence-electron chi connectivity index (χ3n) is 2.37. The van der Waals surface area contributed by atoms with E-state index in [1.165, 1.54) is 7.11 Å². The van der Waals surface area contributed by atoms with E-state index >= 15 is 0 Å². The van der Waals surface area contributed by atoms with Crippen molar-refractivity contribution < 1.29 is 25.1 Å². The summed E-state index contributed by atoms with van der Waals surface area (Å²) in [6.07, 6.45) is 1.83. The van der Waals surface area contributed by atoms with Crippen molar-refractivity contribution >= 4 is 0 Å². The summed E-state index contributed by atoms with van der Waals surface area (Å²) < 4.78 is 4.77. The fourth-order valence-corrected chi connectivity index (χ4v) is 1.54. The summed E-state index contributed by atoms with van der Waals surface area (Å²) >= 11 is 0. The van der Waals surface area contributed by atoms with Crippen LogP contribution in [0.15, 0.2) is 0 Å². The minimum atomic E-state index is -2.10. The standard InChI is InChI=1S/C7H14O5/c1-11-7(12-10)5-3-2-4-6(7,8)9/h8-10H,2-5H2,1H3. The van der Waals surface area contributed by atoms with Gasteiger partial charge in [-0.05, 0) is 12.8 Å². The first-order valence-corrected chi connectivity index (χ1v) is 3.90. The summed E-state index contributed by atoms with van der Waals surface area (Å²) in [4.78, 5) is 4.02. The summed E-state index contributed by atoms with van der Waals surface area (Å²) in [5.74, 6) is -3.78. The van der Waals surface area contributed by atoms with E-state index < -0.39 is 11.6 Å². The van der Waals surface area contributed by atoms with Gasteiger partial charge in [0.15, 0.2) is 0 Å². The fourth-order valence-electron chi connectivity index (χ4n) is 1.54. The van der Waals surface area contributed by atoms with Gasteiger partial charge in [0, 0.05) is 20.0 Å². The average Bonchev–Trinajstić information content (AvgIpc) is 2.05. The van der Waals surface area contributed by atoms with Gasteiger partial charge in [-0.25, -0.2) is 5.26 Å². The van der Waals surface area contributed by atoms with Gasteiger partial charge in [0.1, 0.15) is 0 Å². The zero-order chi connectivity index (χ0) is 9.24. The van der Waals surface area contributed by atoms with Crippen LogP contribution in [0.4, 0.5) is 0 Å². The summed E-state index contributed by atoms with van der Waals surface area (Å²) in [6, 6.07) is 0. The van der Waals surface area contributed by atoms with Crippen LogP contribution >= 0.6 is 0 Å². The smallest absolute Gasteiger partial charge is 0.255 e. The van der Waals surface area contributed by atoms with Crippen molar-refractivity contribution in [2.75, 3.05) is 7.11 Å². The highest BCUT2D eigenvalue weighted by atomic mass is 17.2. The second-order valence-corrected chi connectivity index (χ2v) is 3.07. The highest BCUT2D eigenvalue weighted by molar-refractivity contribution is 4.88. The van der Waals surface area contributed by atoms with E-state index in [4.69, 9.17) is 9.99 Å². The van der Waals surface area contributed by atoms with Gasteiger partial charge in [0.2, 0.25) is 5.79 Å². The lowest BCUT2D eigenvalue weighted by Crippen LogP contribution is -2.58. The zero-order valence-electron chi connectivity index (χ0n) is 6.99. The molecule has 1 atom stereocenters. The van der Waals surface area contributed by atoms with Gasteiger partial charge in [-0.2, -0.15) is 4.89 Å². The van der Waals surface area contributed by atoms with E-state index in [1.54, 1.807) is 0 Å². The molecule has 0 aliphatic heterocycles. The number of methoxy groups -OCH3 is 1. The average molecular weight is 178 g/mol. The lowest BCUT2D eigenvalue weighted by Gasteiger charge is -2.42. The number of hydrogen-bond acceptors (Lipinski definition) is 5. The molecule has 1 saturated carbocycles. The normalized spacial score (nSPS) is 35.0. The van der Waals surface area contributed by atoms with Crippen LogP contribution in [0.5, 0.6) is 0 Å². The van der Waals surface area contributed by atoms with Gasteiger partial charge in [0.05, 0.1) is 0 Å². The molecular weight excluding hydrogens is 164 g/mol. The maximum atomic E-state index is 9.43. The Kier molecular flexibility index (Phi) is 2.70. The van der Waals surface area contributed by atoms with Crippen LogP contribution in [0, 0.1) is 0 Å². The van der Waals surface area contributed by atoms with Crippen molar-refractivity contribution in [3.8, 4) is 0 Å². The maximum absolute atomic E-state index is 9.43. The third-order valence-corrected chi connectivity index (χ3v) is 2.37. The van der Waals surface area contributed by atoms with Gasteiger partial charge in [-0.1, -0.05) is 0 Å². The largest absolute Gasteiger partial charge is 0.361 e. The van der Waals surface area contributed by atoms with Gasteiger partial charge in [-0.15, -0.1) is 0 Å². The van der Waals surface area contributed by atoms with Gasteiger partial charge in [0.25, 0.3) is 5.79 Å². The first-order chi connectivity index (χ1) is 5.58. The summed E-state index contributed by atoms with van der Waals surface area (Å²) in [7, 11) is 1.27. The van der Waals surface area contributed by atoms with Crippen LogP contribution in [-0.2, 0) is 9.62 Å². The SMILES string of the molecule is COC1(OO)CCCCC1(O)O. The number of rotatable bonds is 2. The molecule has 0 aromatic heterocycles.